The fraction of sp³-hybridized carbons (Fsp3) is 0.562. The molecule has 0 aliphatic carbocycles. The summed E-state index contributed by atoms with van der Waals surface area (Å²) >= 11 is 0. The van der Waals surface area contributed by atoms with E-state index >= 15 is 0 Å². The van der Waals surface area contributed by atoms with Gasteiger partial charge in [0.15, 0.2) is 0 Å². The van der Waals surface area contributed by atoms with Crippen LogP contribution >= 0.6 is 0 Å². The number of amides is 1. The van der Waals surface area contributed by atoms with Gasteiger partial charge in [0.05, 0.1) is 6.54 Å². The lowest BCUT2D eigenvalue weighted by atomic mass is 9.94. The molecule has 0 bridgehead atoms. The third kappa shape index (κ3) is 2.80. The number of ether oxygens (including phenoxy) is 1. The van der Waals surface area contributed by atoms with Gasteiger partial charge in [0.25, 0.3) is 0 Å². The SMILES string of the molecule is Cc1ccccc1C1CCN(CCN2CCOC2=O)C1. The molecular formula is C16H22N2O2. The maximum absolute atomic E-state index is 11.4. The van der Waals surface area contributed by atoms with Crippen molar-refractivity contribution < 1.29 is 9.53 Å². The van der Waals surface area contributed by atoms with Gasteiger partial charge in [-0.15, -0.1) is 0 Å². The molecule has 4 heteroatoms. The molecule has 4 nitrogen and oxygen atoms in total. The number of carbonyl (C=O) groups is 1. The molecule has 1 aromatic rings. The van der Waals surface area contributed by atoms with Crippen molar-refractivity contribution in [1.82, 2.24) is 9.80 Å². The predicted octanol–water partition coefficient (Wildman–Crippen LogP) is 2.24. The summed E-state index contributed by atoms with van der Waals surface area (Å²) in [5.41, 5.74) is 2.87. The maximum atomic E-state index is 11.4. The highest BCUT2D eigenvalue weighted by Crippen LogP contribution is 2.29. The van der Waals surface area contributed by atoms with E-state index in [9.17, 15) is 4.79 Å². The highest BCUT2D eigenvalue weighted by molar-refractivity contribution is 5.69. The van der Waals surface area contributed by atoms with Crippen molar-refractivity contribution in [3.8, 4) is 0 Å². The van der Waals surface area contributed by atoms with E-state index in [1.165, 1.54) is 17.5 Å². The van der Waals surface area contributed by atoms with E-state index in [1.807, 2.05) is 0 Å². The molecule has 0 aromatic heterocycles. The van der Waals surface area contributed by atoms with E-state index in [4.69, 9.17) is 4.74 Å². The van der Waals surface area contributed by atoms with Gasteiger partial charge >= 0.3 is 6.09 Å². The summed E-state index contributed by atoms with van der Waals surface area (Å²) in [6, 6.07) is 8.68. The van der Waals surface area contributed by atoms with E-state index in [-0.39, 0.29) is 6.09 Å². The molecule has 1 amide bonds. The van der Waals surface area contributed by atoms with Crippen LogP contribution in [0.1, 0.15) is 23.5 Å². The van der Waals surface area contributed by atoms with Gasteiger partial charge in [-0.1, -0.05) is 24.3 Å². The Morgan fingerprint density at radius 2 is 2.10 bits per heavy atom. The molecule has 0 N–H and O–H groups in total. The Kier molecular flexibility index (Phi) is 3.92. The number of hydrogen-bond acceptors (Lipinski definition) is 3. The van der Waals surface area contributed by atoms with E-state index in [1.54, 1.807) is 4.90 Å². The van der Waals surface area contributed by atoms with Gasteiger partial charge in [-0.3, -0.25) is 0 Å². The number of likely N-dealkylation sites (tertiary alicyclic amines) is 1. The minimum Gasteiger partial charge on any atom is -0.448 e. The molecule has 0 radical (unpaired) electrons. The van der Waals surface area contributed by atoms with Crippen LogP contribution in [0.5, 0.6) is 0 Å². The van der Waals surface area contributed by atoms with Gasteiger partial charge in [0.1, 0.15) is 6.61 Å². The molecule has 0 spiro atoms. The third-order valence-corrected chi connectivity index (χ3v) is 4.43. The Balaban J connectivity index is 1.52. The molecule has 2 heterocycles. The van der Waals surface area contributed by atoms with Crippen LogP contribution in [0.2, 0.25) is 0 Å². The quantitative estimate of drug-likeness (QED) is 0.844. The van der Waals surface area contributed by atoms with Crippen molar-refractivity contribution in [1.29, 1.82) is 0 Å². The average Bonchev–Trinajstić information content (AvgIpc) is 3.06. The molecule has 1 atom stereocenters. The lowest BCUT2D eigenvalue weighted by Gasteiger charge is -2.20. The van der Waals surface area contributed by atoms with E-state index < -0.39 is 0 Å². The fourth-order valence-corrected chi connectivity index (χ4v) is 3.23. The molecule has 1 aromatic carbocycles. The van der Waals surface area contributed by atoms with Crippen molar-refractivity contribution in [2.45, 2.75) is 19.3 Å². The smallest absolute Gasteiger partial charge is 0.409 e. The first-order valence-corrected chi connectivity index (χ1v) is 7.43. The number of hydrogen-bond donors (Lipinski definition) is 0. The number of carbonyl (C=O) groups excluding carboxylic acids is 1. The predicted molar refractivity (Wildman–Crippen MR) is 77.9 cm³/mol. The first-order valence-electron chi connectivity index (χ1n) is 7.43. The van der Waals surface area contributed by atoms with Crippen LogP contribution in [0.15, 0.2) is 24.3 Å². The van der Waals surface area contributed by atoms with Crippen LogP contribution in [-0.4, -0.2) is 55.2 Å². The lowest BCUT2D eigenvalue weighted by Crippen LogP contribution is -2.34. The third-order valence-electron chi connectivity index (χ3n) is 4.43. The first kappa shape index (κ1) is 13.4. The zero-order chi connectivity index (χ0) is 13.9. The second-order valence-corrected chi connectivity index (χ2v) is 5.74. The molecule has 108 valence electrons. The zero-order valence-corrected chi connectivity index (χ0v) is 12.0. The standard InChI is InChI=1S/C16H22N2O2/c1-13-4-2-3-5-15(13)14-6-7-17(12-14)8-9-18-10-11-20-16(18)19/h2-5,14H,6-12H2,1H3. The number of aryl methyl sites for hydroxylation is 1. The van der Waals surface area contributed by atoms with Crippen LogP contribution in [0.3, 0.4) is 0 Å². The molecule has 3 rings (SSSR count). The van der Waals surface area contributed by atoms with Gasteiger partial charge in [0.2, 0.25) is 0 Å². The Morgan fingerprint density at radius 3 is 2.85 bits per heavy atom. The Morgan fingerprint density at radius 1 is 1.25 bits per heavy atom. The fourth-order valence-electron chi connectivity index (χ4n) is 3.23. The van der Waals surface area contributed by atoms with Gasteiger partial charge in [0, 0.05) is 19.6 Å². The van der Waals surface area contributed by atoms with Crippen LogP contribution in [0.4, 0.5) is 4.79 Å². The maximum Gasteiger partial charge on any atom is 0.409 e. The van der Waals surface area contributed by atoms with Gasteiger partial charge in [-0.05, 0) is 36.9 Å². The zero-order valence-electron chi connectivity index (χ0n) is 12.0. The van der Waals surface area contributed by atoms with Crippen LogP contribution in [-0.2, 0) is 4.74 Å². The second-order valence-electron chi connectivity index (χ2n) is 5.74. The summed E-state index contributed by atoms with van der Waals surface area (Å²) in [4.78, 5) is 15.7. The molecule has 20 heavy (non-hydrogen) atoms. The monoisotopic (exact) mass is 274 g/mol. The van der Waals surface area contributed by atoms with Crippen molar-refractivity contribution in [2.75, 3.05) is 39.3 Å². The highest BCUT2D eigenvalue weighted by atomic mass is 16.6. The summed E-state index contributed by atoms with van der Waals surface area (Å²) in [6.07, 6.45) is 1.06. The molecule has 2 aliphatic heterocycles. The molecule has 1 unspecified atom stereocenters. The van der Waals surface area contributed by atoms with Crippen LogP contribution in [0.25, 0.3) is 0 Å². The summed E-state index contributed by atoms with van der Waals surface area (Å²) in [6.45, 7) is 7.46. The average molecular weight is 274 g/mol. The molecular weight excluding hydrogens is 252 g/mol. The van der Waals surface area contributed by atoms with Gasteiger partial charge in [-0.2, -0.15) is 0 Å². The molecule has 0 saturated carbocycles. The topological polar surface area (TPSA) is 32.8 Å². The summed E-state index contributed by atoms with van der Waals surface area (Å²) in [5.74, 6) is 0.640. The molecule has 2 fully saturated rings. The number of nitrogens with zero attached hydrogens (tertiary/aromatic N) is 2. The summed E-state index contributed by atoms with van der Waals surface area (Å²) in [5, 5.41) is 0. The van der Waals surface area contributed by atoms with Crippen LogP contribution in [0, 0.1) is 6.92 Å². The minimum atomic E-state index is -0.153. The summed E-state index contributed by atoms with van der Waals surface area (Å²) in [7, 11) is 0. The highest BCUT2D eigenvalue weighted by Gasteiger charge is 2.27. The van der Waals surface area contributed by atoms with Crippen molar-refractivity contribution in [2.24, 2.45) is 0 Å². The Hall–Kier alpha value is -1.55. The normalized spacial score (nSPS) is 23.4. The van der Waals surface area contributed by atoms with Crippen LogP contribution < -0.4 is 0 Å². The van der Waals surface area contributed by atoms with Crippen molar-refractivity contribution in [3.63, 3.8) is 0 Å². The number of cyclic esters (lactones) is 1. The first-order chi connectivity index (χ1) is 9.74. The van der Waals surface area contributed by atoms with Gasteiger partial charge in [-0.25, -0.2) is 4.79 Å². The number of rotatable bonds is 4. The second kappa shape index (κ2) is 5.83. The van der Waals surface area contributed by atoms with E-state index in [0.717, 1.165) is 32.7 Å². The van der Waals surface area contributed by atoms with E-state index in [2.05, 4.69) is 36.1 Å². The van der Waals surface area contributed by atoms with E-state index in [0.29, 0.717) is 12.5 Å². The van der Waals surface area contributed by atoms with Gasteiger partial charge < -0.3 is 14.5 Å². The molecule has 2 aliphatic rings. The summed E-state index contributed by atoms with van der Waals surface area (Å²) < 4.78 is 4.96. The Bertz CT molecular complexity index is 489. The van der Waals surface area contributed by atoms with Crippen molar-refractivity contribution >= 4 is 6.09 Å². The lowest BCUT2D eigenvalue weighted by molar-refractivity contribution is 0.155. The molecule has 2 saturated heterocycles. The van der Waals surface area contributed by atoms with Crippen molar-refractivity contribution in [3.05, 3.63) is 35.4 Å². The number of benzene rings is 1. The Labute approximate surface area is 120 Å². The minimum absolute atomic E-state index is 0.153. The largest absolute Gasteiger partial charge is 0.448 e.